The van der Waals surface area contributed by atoms with Gasteiger partial charge in [-0.15, -0.1) is 0 Å². The molecular weight excluding hydrogens is 1460 g/mol. The van der Waals surface area contributed by atoms with Gasteiger partial charge in [-0.05, 0) is 128 Å². The number of aliphatic hydroxyl groups is 1. The zero-order chi connectivity index (χ0) is 76.6. The molecule has 570 valence electrons. The Morgan fingerprint density at radius 2 is 0.942 bits per heavy atom. The van der Waals surface area contributed by atoms with Crippen LogP contribution in [0.25, 0.3) is 10.9 Å². The first-order chi connectivity index (χ1) is 49.7. The van der Waals surface area contributed by atoms with E-state index in [0.717, 1.165) is 4.90 Å². The molecule has 1 aliphatic rings. The van der Waals surface area contributed by atoms with E-state index in [0.29, 0.717) is 39.1 Å². The van der Waals surface area contributed by atoms with Crippen LogP contribution in [0.3, 0.4) is 0 Å². The molecule has 30 nitrogen and oxygen atoms in total. The number of carbonyl (C=O) groups is 13. The van der Waals surface area contributed by atoms with Crippen LogP contribution in [-0.4, -0.2) is 252 Å². The minimum atomic E-state index is -1.79. The van der Waals surface area contributed by atoms with E-state index >= 15 is 0 Å². The Kier molecular flexibility index (Phi) is 37.4. The number of H-pyrrole nitrogens is 1. The molecule has 1 aliphatic heterocycles. The van der Waals surface area contributed by atoms with Gasteiger partial charge in [0.15, 0.2) is 0 Å². The molecule has 2 heterocycles. The number of amides is 11. The Morgan fingerprint density at radius 1 is 0.519 bits per heavy atom. The number of thiol groups is 2. The minimum absolute atomic E-state index is 0.0208. The van der Waals surface area contributed by atoms with Crippen LogP contribution in [-0.2, 0) is 81.6 Å². The maximum atomic E-state index is 15.0. The number of phenols is 1. The number of phenolic OH excluding ortho intramolecular Hbond substituents is 1. The molecule has 1 fully saturated rings. The standard InChI is InChI=1S/C68H95N13O17S6/c1-37(82)56(66(95)79-53(36-100)68(97)98)80-61(90)48(24-29-104-5)73-64(93)51(32-40-34-70-44-15-10-9-14-42(40)44)77-59(88)46(22-27-102-3)72-62(91)50(31-39-17-19-41(83)20-18-39)76-60(89)47(23-28-103-4)74-65(94)54-16-11-25-81(54)67(96)52(33-55(84)85)78-63(92)49(30-38-12-7-6-8-13-38)75-58(87)45(21-26-101-2)71-57(86)43(69)35-99/h6-10,12-15,17-20,34,37,43,45-54,56,70,82-83,99-100H,11,16,21-33,35-36,69H2,1-5H3,(H,71,86)(H,72,91)(H,73,93)(H,74,94)(H,75,87)(H,76,89)(H,77,88)(H,78,92)(H,79,95)(H,80,90)(H,84,85)(H,97,98)/t37-,43+,45+,46+,47+,48+,49+,50+,51+,52+,53+,54+,56+/m1/s1. The lowest BCUT2D eigenvalue weighted by molar-refractivity contribution is -0.146. The summed E-state index contributed by atoms with van der Waals surface area (Å²) in [7, 11) is 0. The zero-order valence-electron chi connectivity index (χ0n) is 58.3. The third kappa shape index (κ3) is 27.6. The molecule has 5 rings (SSSR count). The fourth-order valence-electron chi connectivity index (χ4n) is 11.1. The maximum Gasteiger partial charge on any atom is 0.327 e. The van der Waals surface area contributed by atoms with E-state index in [1.54, 1.807) is 85.8 Å². The number of benzene rings is 3. The van der Waals surface area contributed by atoms with Crippen LogP contribution >= 0.6 is 72.3 Å². The second kappa shape index (κ2) is 44.8. The number of nitrogens with zero attached hydrogens (tertiary/aromatic N) is 1. The van der Waals surface area contributed by atoms with Gasteiger partial charge in [0.2, 0.25) is 65.0 Å². The number of hydrogen-bond acceptors (Lipinski definition) is 22. The number of aromatic nitrogens is 1. The number of carbonyl (C=O) groups excluding carboxylic acids is 11. The third-order valence-corrected chi connectivity index (χ3v) is 20.2. The van der Waals surface area contributed by atoms with Gasteiger partial charge in [0, 0.05) is 54.4 Å². The van der Waals surface area contributed by atoms with E-state index in [1.807, 2.05) is 0 Å². The van der Waals surface area contributed by atoms with Crippen molar-refractivity contribution >= 4 is 160 Å². The zero-order valence-corrected chi connectivity index (χ0v) is 63.3. The SMILES string of the molecule is CSCC[C@H](NC(=O)[C@H](Cc1ccc(O)cc1)NC(=O)[C@H](CCSC)NC(=O)[C@@H]1CCCN1C(=O)[C@H](CC(=O)O)NC(=O)[C@H](Cc1ccccc1)NC(=O)[C@H](CCSC)NC(=O)[C@@H](N)CS)C(=O)N[C@@H](Cc1c[nH]c2ccccc12)C(=O)N[C@@H](CCSC)C(=O)N[C@H](C(=O)N[C@@H](CS)C(=O)O)[C@@H](C)O. The van der Waals surface area contributed by atoms with Crippen molar-refractivity contribution in [1.82, 2.24) is 63.1 Å². The van der Waals surface area contributed by atoms with E-state index < -0.39 is 162 Å². The summed E-state index contributed by atoms with van der Waals surface area (Å²) in [5.74, 6) is -11.7. The summed E-state index contributed by atoms with van der Waals surface area (Å²) in [5.41, 5.74) is 8.16. The van der Waals surface area contributed by atoms with Gasteiger partial charge in [0.25, 0.3) is 0 Å². The average Bonchev–Trinajstić information content (AvgIpc) is 1.61. The average molecular weight is 1560 g/mol. The summed E-state index contributed by atoms with van der Waals surface area (Å²) in [6.07, 6.45) is 5.99. The highest BCUT2D eigenvalue weighted by Gasteiger charge is 2.42. The molecule has 17 N–H and O–H groups in total. The lowest BCUT2D eigenvalue weighted by Gasteiger charge is -2.31. The van der Waals surface area contributed by atoms with Gasteiger partial charge in [0.1, 0.15) is 72.2 Å². The summed E-state index contributed by atoms with van der Waals surface area (Å²) >= 11 is 13.4. The Balaban J connectivity index is 1.42. The van der Waals surface area contributed by atoms with Crippen molar-refractivity contribution in [3.8, 4) is 5.75 Å². The number of aromatic amines is 1. The number of likely N-dealkylation sites (tertiary alicyclic amines) is 1. The number of rotatable bonds is 45. The highest BCUT2D eigenvalue weighted by Crippen LogP contribution is 2.23. The molecule has 13 atom stereocenters. The van der Waals surface area contributed by atoms with Crippen molar-refractivity contribution in [3.05, 3.63) is 102 Å². The number of fused-ring (bicyclic) bond motifs is 1. The van der Waals surface area contributed by atoms with E-state index in [2.05, 4.69) is 83.4 Å². The molecular formula is C68H95N13O17S6. The van der Waals surface area contributed by atoms with Crippen LogP contribution in [0.4, 0.5) is 0 Å². The fourth-order valence-corrected chi connectivity index (χ4v) is 13.4. The number of aromatic hydroxyl groups is 1. The first-order valence-electron chi connectivity index (χ1n) is 33.4. The van der Waals surface area contributed by atoms with Crippen molar-refractivity contribution in [2.45, 2.75) is 150 Å². The number of nitrogens with two attached hydrogens (primary N) is 1. The van der Waals surface area contributed by atoms with Crippen molar-refractivity contribution in [1.29, 1.82) is 0 Å². The van der Waals surface area contributed by atoms with E-state index in [4.69, 9.17) is 5.73 Å². The second-order valence-corrected chi connectivity index (χ2v) is 29.3. The fraction of sp³-hybridized carbons (Fsp3) is 0.515. The quantitative estimate of drug-likeness (QED) is 0.0257. The van der Waals surface area contributed by atoms with Gasteiger partial charge < -0.3 is 89.2 Å². The molecule has 0 unspecified atom stereocenters. The number of hydrogen-bond donors (Lipinski definition) is 18. The molecule has 1 saturated heterocycles. The third-order valence-electron chi connectivity index (χ3n) is 16.9. The Bertz CT molecular complexity index is 3570. The summed E-state index contributed by atoms with van der Waals surface area (Å²) in [4.78, 5) is 186. The maximum absolute atomic E-state index is 15.0. The molecule has 3 aromatic carbocycles. The van der Waals surface area contributed by atoms with E-state index in [-0.39, 0.29) is 93.1 Å². The van der Waals surface area contributed by atoms with Crippen LogP contribution in [0.1, 0.15) is 68.6 Å². The molecule has 104 heavy (non-hydrogen) atoms. The molecule has 4 aromatic rings. The second-order valence-electron chi connectivity index (χ2n) is 24.6. The van der Waals surface area contributed by atoms with Crippen molar-refractivity contribution in [3.63, 3.8) is 0 Å². The minimum Gasteiger partial charge on any atom is -0.508 e. The smallest absolute Gasteiger partial charge is 0.327 e. The molecule has 1 aromatic heterocycles. The molecule has 0 aliphatic carbocycles. The van der Waals surface area contributed by atoms with Crippen LogP contribution in [0.2, 0.25) is 0 Å². The highest BCUT2D eigenvalue weighted by molar-refractivity contribution is 7.99. The van der Waals surface area contributed by atoms with Crippen LogP contribution < -0.4 is 58.9 Å². The largest absolute Gasteiger partial charge is 0.508 e. The highest BCUT2D eigenvalue weighted by atomic mass is 32.2. The number of para-hydroxylation sites is 1. The summed E-state index contributed by atoms with van der Waals surface area (Å²) < 4.78 is 0. The van der Waals surface area contributed by atoms with E-state index in [1.165, 1.54) is 78.2 Å². The molecule has 0 bridgehead atoms. The Labute approximate surface area is 631 Å². The lowest BCUT2D eigenvalue weighted by atomic mass is 10.0. The number of carboxylic acid groups (broad SMARTS) is 2. The monoisotopic (exact) mass is 1560 g/mol. The van der Waals surface area contributed by atoms with E-state index in [9.17, 15) is 82.8 Å². The molecule has 0 saturated carbocycles. The van der Waals surface area contributed by atoms with Crippen LogP contribution in [0.5, 0.6) is 5.75 Å². The first kappa shape index (κ1) is 86.8. The van der Waals surface area contributed by atoms with Crippen LogP contribution in [0, 0.1) is 0 Å². The van der Waals surface area contributed by atoms with Gasteiger partial charge in [-0.25, -0.2) is 4.79 Å². The predicted octanol–water partition coefficient (Wildman–Crippen LogP) is -0.120. The topological polar surface area (TPSA) is 468 Å². The Hall–Kier alpha value is -7.87. The van der Waals surface area contributed by atoms with Crippen molar-refractivity contribution in [2.75, 3.05) is 66.1 Å². The number of thioether (sulfide) groups is 4. The number of aliphatic carboxylic acids is 2. The molecule has 0 radical (unpaired) electrons. The first-order valence-corrected chi connectivity index (χ1v) is 40.3. The number of nitrogens with one attached hydrogen (secondary N) is 11. The van der Waals surface area contributed by atoms with Gasteiger partial charge >= 0.3 is 11.9 Å². The van der Waals surface area contributed by atoms with Gasteiger partial charge in [0.05, 0.1) is 18.6 Å². The normalized spacial score (nSPS) is 16.2. The molecule has 36 heteroatoms. The Morgan fingerprint density at radius 3 is 1.41 bits per heavy atom. The van der Waals surface area contributed by atoms with Crippen molar-refractivity contribution in [2.24, 2.45) is 5.73 Å². The lowest BCUT2D eigenvalue weighted by Crippen LogP contribution is -2.62. The van der Waals surface area contributed by atoms with Gasteiger partial charge in [-0.1, -0.05) is 60.7 Å². The predicted molar refractivity (Wildman–Crippen MR) is 407 cm³/mol. The van der Waals surface area contributed by atoms with Crippen LogP contribution in [0.15, 0.2) is 85.1 Å². The molecule has 0 spiro atoms. The summed E-state index contributed by atoms with van der Waals surface area (Å²) in [5, 5.41) is 67.4. The number of carboxylic acids is 2. The van der Waals surface area contributed by atoms with Gasteiger partial charge in [-0.2, -0.15) is 72.3 Å². The van der Waals surface area contributed by atoms with Gasteiger partial charge in [-0.3, -0.25) is 57.5 Å². The van der Waals surface area contributed by atoms with Crippen molar-refractivity contribution < 1.29 is 82.8 Å². The number of aliphatic hydroxyl groups excluding tert-OH is 1. The summed E-state index contributed by atoms with van der Waals surface area (Å²) in [6.45, 7) is 1.13. The summed E-state index contributed by atoms with van der Waals surface area (Å²) in [6, 6.07) is 4.32. The molecule has 11 amide bonds.